The van der Waals surface area contributed by atoms with Gasteiger partial charge in [0.1, 0.15) is 11.5 Å². The topological polar surface area (TPSA) is 43.4 Å². The summed E-state index contributed by atoms with van der Waals surface area (Å²) in [6.45, 7) is 2.70. The molecule has 20 heavy (non-hydrogen) atoms. The number of methoxy groups -OCH3 is 2. The standard InChI is InChI=1S/C15H17ClN2O2/c1-10-4-5-17-8-11(10)9-18-13-6-12(16)14(19-2)7-15(13)20-3/h4-8,18H,9H2,1-3H3. The number of halogens is 1. The van der Waals surface area contributed by atoms with E-state index in [2.05, 4.69) is 17.2 Å². The molecule has 106 valence electrons. The molecule has 0 radical (unpaired) electrons. The number of pyridine rings is 1. The SMILES string of the molecule is COc1cc(OC)c(NCc2cnccc2C)cc1Cl. The highest BCUT2D eigenvalue weighted by molar-refractivity contribution is 6.32. The first-order valence-electron chi connectivity index (χ1n) is 6.20. The van der Waals surface area contributed by atoms with Gasteiger partial charge in [-0.2, -0.15) is 0 Å². The van der Waals surface area contributed by atoms with Crippen LogP contribution in [0.5, 0.6) is 11.5 Å². The third kappa shape index (κ3) is 3.14. The van der Waals surface area contributed by atoms with Crippen LogP contribution < -0.4 is 14.8 Å². The molecule has 0 unspecified atom stereocenters. The lowest BCUT2D eigenvalue weighted by molar-refractivity contribution is 0.395. The summed E-state index contributed by atoms with van der Waals surface area (Å²) in [7, 11) is 3.19. The zero-order chi connectivity index (χ0) is 14.5. The number of aryl methyl sites for hydroxylation is 1. The van der Waals surface area contributed by atoms with Gasteiger partial charge in [0, 0.05) is 25.0 Å². The van der Waals surface area contributed by atoms with Gasteiger partial charge >= 0.3 is 0 Å². The van der Waals surface area contributed by atoms with Crippen LogP contribution in [-0.4, -0.2) is 19.2 Å². The zero-order valence-electron chi connectivity index (χ0n) is 11.7. The number of nitrogens with zero attached hydrogens (tertiary/aromatic N) is 1. The summed E-state index contributed by atoms with van der Waals surface area (Å²) in [4.78, 5) is 4.13. The molecule has 0 amide bonds. The largest absolute Gasteiger partial charge is 0.495 e. The third-order valence-corrected chi connectivity index (χ3v) is 3.39. The Kier molecular flexibility index (Phi) is 4.69. The highest BCUT2D eigenvalue weighted by atomic mass is 35.5. The van der Waals surface area contributed by atoms with Crippen molar-refractivity contribution in [3.63, 3.8) is 0 Å². The number of ether oxygens (including phenoxy) is 2. The van der Waals surface area contributed by atoms with Gasteiger partial charge in [0.25, 0.3) is 0 Å². The molecule has 0 aliphatic heterocycles. The maximum absolute atomic E-state index is 6.14. The van der Waals surface area contributed by atoms with Crippen LogP contribution in [0.25, 0.3) is 0 Å². The molecule has 4 nitrogen and oxygen atoms in total. The van der Waals surface area contributed by atoms with Crippen molar-refractivity contribution in [2.24, 2.45) is 0 Å². The molecule has 0 aliphatic rings. The molecule has 1 aromatic carbocycles. The molecule has 1 N–H and O–H groups in total. The van der Waals surface area contributed by atoms with E-state index in [4.69, 9.17) is 21.1 Å². The Morgan fingerprint density at radius 1 is 1.20 bits per heavy atom. The number of aromatic nitrogens is 1. The molecule has 0 fully saturated rings. The van der Waals surface area contributed by atoms with E-state index in [1.54, 1.807) is 32.5 Å². The third-order valence-electron chi connectivity index (χ3n) is 3.09. The predicted octanol–water partition coefficient (Wildman–Crippen LogP) is 3.67. The van der Waals surface area contributed by atoms with E-state index in [-0.39, 0.29) is 0 Å². The van der Waals surface area contributed by atoms with Crippen molar-refractivity contribution in [1.82, 2.24) is 4.98 Å². The average Bonchev–Trinajstić information content (AvgIpc) is 2.46. The van der Waals surface area contributed by atoms with Crippen molar-refractivity contribution >= 4 is 17.3 Å². The molecule has 2 rings (SSSR count). The summed E-state index contributed by atoms with van der Waals surface area (Å²) in [5, 5.41) is 3.85. The van der Waals surface area contributed by atoms with E-state index in [0.717, 1.165) is 11.3 Å². The fourth-order valence-electron chi connectivity index (χ4n) is 1.87. The molecule has 0 bridgehead atoms. The molecule has 1 heterocycles. The smallest absolute Gasteiger partial charge is 0.145 e. The Labute approximate surface area is 123 Å². The first-order chi connectivity index (χ1) is 9.65. The van der Waals surface area contributed by atoms with Crippen molar-refractivity contribution in [1.29, 1.82) is 0 Å². The Bertz CT molecular complexity index is 602. The Morgan fingerprint density at radius 2 is 1.95 bits per heavy atom. The van der Waals surface area contributed by atoms with Gasteiger partial charge in [0.2, 0.25) is 0 Å². The van der Waals surface area contributed by atoms with Crippen molar-refractivity contribution in [3.8, 4) is 11.5 Å². The molecule has 1 aromatic heterocycles. The number of rotatable bonds is 5. The minimum absolute atomic E-state index is 0.540. The van der Waals surface area contributed by atoms with Crippen LogP contribution in [0.3, 0.4) is 0 Å². The monoisotopic (exact) mass is 292 g/mol. The van der Waals surface area contributed by atoms with Crippen LogP contribution in [0.15, 0.2) is 30.6 Å². The minimum atomic E-state index is 0.540. The second-order valence-electron chi connectivity index (χ2n) is 4.34. The predicted molar refractivity (Wildman–Crippen MR) is 80.9 cm³/mol. The van der Waals surface area contributed by atoms with Gasteiger partial charge in [-0.05, 0) is 30.2 Å². The van der Waals surface area contributed by atoms with Crippen molar-refractivity contribution in [2.45, 2.75) is 13.5 Å². The van der Waals surface area contributed by atoms with Gasteiger partial charge in [-0.1, -0.05) is 11.6 Å². The highest BCUT2D eigenvalue weighted by Gasteiger charge is 2.10. The average molecular weight is 293 g/mol. The van der Waals surface area contributed by atoms with E-state index >= 15 is 0 Å². The number of nitrogens with one attached hydrogen (secondary N) is 1. The summed E-state index contributed by atoms with van der Waals surface area (Å²) in [5.41, 5.74) is 3.13. The number of anilines is 1. The minimum Gasteiger partial charge on any atom is -0.495 e. The van der Waals surface area contributed by atoms with Crippen LogP contribution in [-0.2, 0) is 6.54 Å². The van der Waals surface area contributed by atoms with Crippen LogP contribution >= 0.6 is 11.6 Å². The maximum atomic E-state index is 6.14. The highest BCUT2D eigenvalue weighted by Crippen LogP contribution is 2.36. The van der Waals surface area contributed by atoms with E-state index in [9.17, 15) is 0 Å². The van der Waals surface area contributed by atoms with Crippen molar-refractivity contribution in [3.05, 3.63) is 46.7 Å². The lowest BCUT2D eigenvalue weighted by atomic mass is 10.1. The Morgan fingerprint density at radius 3 is 2.60 bits per heavy atom. The number of benzene rings is 1. The summed E-state index contributed by atoms with van der Waals surface area (Å²) in [6.07, 6.45) is 3.63. The second kappa shape index (κ2) is 6.48. The van der Waals surface area contributed by atoms with E-state index in [1.165, 1.54) is 5.56 Å². The van der Waals surface area contributed by atoms with Gasteiger partial charge in [-0.15, -0.1) is 0 Å². The molecule has 0 aliphatic carbocycles. The molecular formula is C15H17ClN2O2. The molecule has 0 saturated carbocycles. The summed E-state index contributed by atoms with van der Waals surface area (Å²) in [6, 6.07) is 5.54. The van der Waals surface area contributed by atoms with Gasteiger partial charge in [0.05, 0.1) is 24.9 Å². The number of hydrogen-bond acceptors (Lipinski definition) is 4. The van der Waals surface area contributed by atoms with Crippen molar-refractivity contribution < 1.29 is 9.47 Å². The number of hydrogen-bond donors (Lipinski definition) is 1. The van der Waals surface area contributed by atoms with Gasteiger partial charge in [-0.25, -0.2) is 0 Å². The van der Waals surface area contributed by atoms with Crippen LogP contribution in [0, 0.1) is 6.92 Å². The van der Waals surface area contributed by atoms with Crippen molar-refractivity contribution in [2.75, 3.05) is 19.5 Å². The van der Waals surface area contributed by atoms with Gasteiger partial charge in [-0.3, -0.25) is 4.98 Å². The van der Waals surface area contributed by atoms with Crippen LogP contribution in [0.4, 0.5) is 5.69 Å². The van der Waals surface area contributed by atoms with E-state index in [0.29, 0.717) is 23.1 Å². The first kappa shape index (κ1) is 14.5. The van der Waals surface area contributed by atoms with Crippen LogP contribution in [0.2, 0.25) is 5.02 Å². The Balaban J connectivity index is 2.21. The summed E-state index contributed by atoms with van der Waals surface area (Å²) < 4.78 is 10.5. The zero-order valence-corrected chi connectivity index (χ0v) is 12.5. The molecular weight excluding hydrogens is 276 g/mol. The molecule has 0 saturated heterocycles. The maximum Gasteiger partial charge on any atom is 0.145 e. The van der Waals surface area contributed by atoms with Gasteiger partial charge < -0.3 is 14.8 Å². The molecule has 5 heteroatoms. The van der Waals surface area contributed by atoms with Gasteiger partial charge in [0.15, 0.2) is 0 Å². The molecule has 2 aromatic rings. The summed E-state index contributed by atoms with van der Waals surface area (Å²) in [5.74, 6) is 1.28. The summed E-state index contributed by atoms with van der Waals surface area (Å²) >= 11 is 6.14. The molecule has 0 spiro atoms. The van der Waals surface area contributed by atoms with Crippen LogP contribution in [0.1, 0.15) is 11.1 Å². The quantitative estimate of drug-likeness (QED) is 0.913. The van der Waals surface area contributed by atoms with E-state index < -0.39 is 0 Å². The lowest BCUT2D eigenvalue weighted by Gasteiger charge is -2.14. The lowest BCUT2D eigenvalue weighted by Crippen LogP contribution is -2.03. The fourth-order valence-corrected chi connectivity index (χ4v) is 2.11. The normalized spacial score (nSPS) is 10.2. The first-order valence-corrected chi connectivity index (χ1v) is 6.58. The van der Waals surface area contributed by atoms with E-state index in [1.807, 2.05) is 12.3 Å². The molecule has 0 atom stereocenters. The fraction of sp³-hybridized carbons (Fsp3) is 0.267. The second-order valence-corrected chi connectivity index (χ2v) is 4.75. The Hall–Kier alpha value is -1.94.